The number of ether oxygens (including phenoxy) is 2. The lowest BCUT2D eigenvalue weighted by Gasteiger charge is -2.19. The number of hydrogen-bond donors (Lipinski definition) is 2. The lowest BCUT2D eigenvalue weighted by Crippen LogP contribution is -2.33. The molecule has 1 heterocycles. The van der Waals surface area contributed by atoms with Crippen LogP contribution in [0.15, 0.2) is 66.7 Å². The summed E-state index contributed by atoms with van der Waals surface area (Å²) >= 11 is 0. The predicted molar refractivity (Wildman–Crippen MR) is 115 cm³/mol. The predicted octanol–water partition coefficient (Wildman–Crippen LogP) is 4.10. The van der Waals surface area contributed by atoms with E-state index in [1.54, 1.807) is 19.1 Å². The lowest BCUT2D eigenvalue weighted by atomic mass is 10.0. The summed E-state index contributed by atoms with van der Waals surface area (Å²) in [4.78, 5) is 24.1. The van der Waals surface area contributed by atoms with E-state index in [1.165, 1.54) is 6.07 Å². The fourth-order valence-corrected chi connectivity index (χ4v) is 3.38. The standard InChI is InChI=1S/C23H21N3O5/c1-15-7-9-18(19(11-15)26(28)29)25-23(27)22(17-5-3-2-4-6-17)24-13-16-8-10-20-21(12-16)31-14-30-20/h2-12,22,24H,13-14H2,1H3,(H,25,27). The Labute approximate surface area is 179 Å². The second kappa shape index (κ2) is 8.85. The van der Waals surface area contributed by atoms with Crippen LogP contribution in [-0.2, 0) is 11.3 Å². The number of carbonyl (C=O) groups is 1. The van der Waals surface area contributed by atoms with Crippen LogP contribution in [0.4, 0.5) is 11.4 Å². The van der Waals surface area contributed by atoms with E-state index in [4.69, 9.17) is 9.47 Å². The third-order valence-corrected chi connectivity index (χ3v) is 4.95. The van der Waals surface area contributed by atoms with Gasteiger partial charge in [-0.05, 0) is 41.8 Å². The number of benzene rings is 3. The number of anilines is 1. The molecule has 158 valence electrons. The second-order valence-electron chi connectivity index (χ2n) is 7.18. The lowest BCUT2D eigenvalue weighted by molar-refractivity contribution is -0.384. The maximum absolute atomic E-state index is 13.1. The van der Waals surface area contributed by atoms with E-state index < -0.39 is 11.0 Å². The number of nitrogens with one attached hydrogen (secondary N) is 2. The largest absolute Gasteiger partial charge is 0.454 e. The number of rotatable bonds is 7. The van der Waals surface area contributed by atoms with Crippen molar-refractivity contribution in [3.05, 3.63) is 93.5 Å². The first-order chi connectivity index (χ1) is 15.0. The highest BCUT2D eigenvalue weighted by molar-refractivity contribution is 5.97. The van der Waals surface area contributed by atoms with Gasteiger partial charge in [0.1, 0.15) is 11.7 Å². The highest BCUT2D eigenvalue weighted by Crippen LogP contribution is 2.33. The average Bonchev–Trinajstić information content (AvgIpc) is 3.23. The van der Waals surface area contributed by atoms with E-state index in [1.807, 2.05) is 48.5 Å². The second-order valence-corrected chi connectivity index (χ2v) is 7.18. The normalized spacial score (nSPS) is 12.9. The van der Waals surface area contributed by atoms with E-state index in [-0.39, 0.29) is 24.1 Å². The van der Waals surface area contributed by atoms with Crippen molar-refractivity contribution in [2.24, 2.45) is 0 Å². The van der Waals surface area contributed by atoms with Crippen LogP contribution in [-0.4, -0.2) is 17.6 Å². The molecule has 2 N–H and O–H groups in total. The van der Waals surface area contributed by atoms with E-state index in [9.17, 15) is 14.9 Å². The maximum atomic E-state index is 13.1. The van der Waals surface area contributed by atoms with Gasteiger partial charge in [-0.2, -0.15) is 0 Å². The molecular formula is C23H21N3O5. The Morgan fingerprint density at radius 2 is 1.84 bits per heavy atom. The summed E-state index contributed by atoms with van der Waals surface area (Å²) in [5, 5.41) is 17.4. The molecule has 0 radical (unpaired) electrons. The van der Waals surface area contributed by atoms with Crippen molar-refractivity contribution < 1.29 is 19.2 Å². The minimum Gasteiger partial charge on any atom is -0.454 e. The van der Waals surface area contributed by atoms with Crippen molar-refractivity contribution in [1.82, 2.24) is 5.32 Å². The molecule has 1 unspecified atom stereocenters. The van der Waals surface area contributed by atoms with Gasteiger partial charge in [0.15, 0.2) is 11.5 Å². The molecule has 1 atom stereocenters. The molecule has 0 aromatic heterocycles. The first-order valence-corrected chi connectivity index (χ1v) is 9.74. The molecule has 4 rings (SSSR count). The first kappa shape index (κ1) is 20.4. The molecule has 8 nitrogen and oxygen atoms in total. The zero-order valence-corrected chi connectivity index (χ0v) is 16.8. The van der Waals surface area contributed by atoms with Gasteiger partial charge in [-0.15, -0.1) is 0 Å². The molecule has 1 amide bonds. The summed E-state index contributed by atoms with van der Waals surface area (Å²) in [6.45, 7) is 2.34. The van der Waals surface area contributed by atoms with Gasteiger partial charge < -0.3 is 14.8 Å². The molecule has 0 aliphatic carbocycles. The number of aryl methyl sites for hydroxylation is 1. The molecule has 1 aliphatic rings. The maximum Gasteiger partial charge on any atom is 0.293 e. The number of nitro benzene ring substituents is 1. The minimum atomic E-state index is -0.715. The van der Waals surface area contributed by atoms with Crippen molar-refractivity contribution in [2.45, 2.75) is 19.5 Å². The number of carbonyl (C=O) groups excluding carboxylic acids is 1. The van der Waals surface area contributed by atoms with Crippen LogP contribution >= 0.6 is 0 Å². The van der Waals surface area contributed by atoms with E-state index in [2.05, 4.69) is 10.6 Å². The minimum absolute atomic E-state index is 0.143. The molecule has 1 aliphatic heterocycles. The van der Waals surface area contributed by atoms with Crippen molar-refractivity contribution in [2.75, 3.05) is 12.1 Å². The highest BCUT2D eigenvalue weighted by Gasteiger charge is 2.24. The van der Waals surface area contributed by atoms with Gasteiger partial charge in [0.2, 0.25) is 12.7 Å². The smallest absolute Gasteiger partial charge is 0.293 e. The van der Waals surface area contributed by atoms with Crippen molar-refractivity contribution in [1.29, 1.82) is 0 Å². The van der Waals surface area contributed by atoms with Crippen LogP contribution in [0.25, 0.3) is 0 Å². The van der Waals surface area contributed by atoms with Crippen LogP contribution in [0, 0.1) is 17.0 Å². The van der Waals surface area contributed by atoms with Gasteiger partial charge in [-0.3, -0.25) is 20.2 Å². The molecule has 0 fully saturated rings. The molecule has 0 saturated heterocycles. The number of nitro groups is 1. The Balaban J connectivity index is 1.55. The Hall–Kier alpha value is -3.91. The molecule has 0 saturated carbocycles. The Morgan fingerprint density at radius 1 is 1.06 bits per heavy atom. The molecule has 3 aromatic rings. The molecule has 3 aromatic carbocycles. The van der Waals surface area contributed by atoms with E-state index >= 15 is 0 Å². The molecular weight excluding hydrogens is 398 g/mol. The fraction of sp³-hybridized carbons (Fsp3) is 0.174. The van der Waals surface area contributed by atoms with Crippen molar-refractivity contribution in [3.63, 3.8) is 0 Å². The van der Waals surface area contributed by atoms with Crippen LogP contribution in [0.1, 0.15) is 22.7 Å². The van der Waals surface area contributed by atoms with Crippen molar-refractivity contribution >= 4 is 17.3 Å². The fourth-order valence-electron chi connectivity index (χ4n) is 3.38. The van der Waals surface area contributed by atoms with Gasteiger partial charge >= 0.3 is 0 Å². The zero-order valence-electron chi connectivity index (χ0n) is 16.8. The SMILES string of the molecule is Cc1ccc(NC(=O)C(NCc2ccc3c(c2)OCO3)c2ccccc2)c([N+](=O)[O-])c1. The third kappa shape index (κ3) is 4.65. The number of hydrogen-bond acceptors (Lipinski definition) is 6. The zero-order chi connectivity index (χ0) is 21.8. The quantitative estimate of drug-likeness (QED) is 0.441. The number of amides is 1. The van der Waals surface area contributed by atoms with Gasteiger partial charge in [0, 0.05) is 12.6 Å². The van der Waals surface area contributed by atoms with Crippen molar-refractivity contribution in [3.8, 4) is 11.5 Å². The summed E-state index contributed by atoms with van der Waals surface area (Å²) in [7, 11) is 0. The number of nitrogens with zero attached hydrogens (tertiary/aromatic N) is 1. The van der Waals surface area contributed by atoms with Crippen LogP contribution in [0.3, 0.4) is 0 Å². The summed E-state index contributed by atoms with van der Waals surface area (Å²) in [5.41, 5.74) is 2.42. The Morgan fingerprint density at radius 3 is 2.61 bits per heavy atom. The third-order valence-electron chi connectivity index (χ3n) is 4.95. The van der Waals surface area contributed by atoms with Gasteiger partial charge in [0.05, 0.1) is 4.92 Å². The van der Waals surface area contributed by atoms with Gasteiger partial charge in [0.25, 0.3) is 5.69 Å². The van der Waals surface area contributed by atoms with Crippen LogP contribution < -0.4 is 20.1 Å². The summed E-state index contributed by atoms with van der Waals surface area (Å²) in [6.07, 6.45) is 0. The summed E-state index contributed by atoms with van der Waals surface area (Å²) < 4.78 is 10.7. The monoisotopic (exact) mass is 419 g/mol. The van der Waals surface area contributed by atoms with Crippen LogP contribution in [0.5, 0.6) is 11.5 Å². The number of fused-ring (bicyclic) bond motifs is 1. The summed E-state index contributed by atoms with van der Waals surface area (Å²) in [6, 6.07) is 18.8. The summed E-state index contributed by atoms with van der Waals surface area (Å²) in [5.74, 6) is 0.960. The van der Waals surface area contributed by atoms with E-state index in [0.29, 0.717) is 18.0 Å². The molecule has 31 heavy (non-hydrogen) atoms. The van der Waals surface area contributed by atoms with Gasteiger partial charge in [-0.25, -0.2) is 0 Å². The van der Waals surface area contributed by atoms with Gasteiger partial charge in [-0.1, -0.05) is 42.5 Å². The molecule has 0 spiro atoms. The highest BCUT2D eigenvalue weighted by atomic mass is 16.7. The Kier molecular flexibility index (Phi) is 5.81. The molecule has 0 bridgehead atoms. The average molecular weight is 419 g/mol. The Bertz CT molecular complexity index is 1120. The van der Waals surface area contributed by atoms with Crippen LogP contribution in [0.2, 0.25) is 0 Å². The topological polar surface area (TPSA) is 103 Å². The van der Waals surface area contributed by atoms with E-state index in [0.717, 1.165) is 16.7 Å². The molecule has 8 heteroatoms. The first-order valence-electron chi connectivity index (χ1n) is 9.74.